The number of nitrogens with one attached hydrogen (secondary N) is 2. The Morgan fingerprint density at radius 2 is 1.86 bits per heavy atom. The van der Waals surface area contributed by atoms with Crippen molar-refractivity contribution in [3.63, 3.8) is 0 Å². The number of rotatable bonds is 8. The Balaban J connectivity index is 2.59. The van der Waals surface area contributed by atoms with Gasteiger partial charge in [-0.2, -0.15) is 0 Å². The van der Waals surface area contributed by atoms with Crippen LogP contribution in [0.5, 0.6) is 0 Å². The molecule has 1 aromatic rings. The number of aliphatic carboxylic acids is 1. The fourth-order valence-corrected chi connectivity index (χ4v) is 1.69. The molecular weight excluding hydrogens is 290 g/mol. The zero-order valence-corrected chi connectivity index (χ0v) is 12.4. The monoisotopic (exact) mass is 309 g/mol. The first-order chi connectivity index (χ1) is 10.3. The number of benzene rings is 1. The first kappa shape index (κ1) is 17.6. The van der Waals surface area contributed by atoms with Crippen molar-refractivity contribution < 1.29 is 19.6 Å². The second kappa shape index (κ2) is 8.08. The average Bonchev–Trinajstić information content (AvgIpc) is 2.43. The smallest absolute Gasteiger partial charge is 0.321 e. The summed E-state index contributed by atoms with van der Waals surface area (Å²) in [4.78, 5) is 32.9. The number of carbonyl (C=O) groups is 2. The summed E-state index contributed by atoms with van der Waals surface area (Å²) in [7, 11) is 0. The molecule has 0 aliphatic heterocycles. The summed E-state index contributed by atoms with van der Waals surface area (Å²) in [5.74, 6) is -1.31. The van der Waals surface area contributed by atoms with Crippen LogP contribution < -0.4 is 10.6 Å². The molecule has 0 spiro atoms. The van der Waals surface area contributed by atoms with Gasteiger partial charge in [0.05, 0.1) is 11.3 Å². The second-order valence-electron chi connectivity index (χ2n) is 5.25. The van der Waals surface area contributed by atoms with Crippen LogP contribution in [0, 0.1) is 16.0 Å². The fourth-order valence-electron chi connectivity index (χ4n) is 1.69. The van der Waals surface area contributed by atoms with Gasteiger partial charge in [-0.05, 0) is 24.6 Å². The van der Waals surface area contributed by atoms with Gasteiger partial charge in [-0.1, -0.05) is 13.8 Å². The van der Waals surface area contributed by atoms with E-state index in [9.17, 15) is 19.7 Å². The summed E-state index contributed by atoms with van der Waals surface area (Å²) in [5.41, 5.74) is 0.295. The zero-order chi connectivity index (χ0) is 16.7. The molecule has 8 nitrogen and oxygen atoms in total. The van der Waals surface area contributed by atoms with Crippen molar-refractivity contribution in [1.82, 2.24) is 5.32 Å². The Morgan fingerprint density at radius 1 is 1.27 bits per heavy atom. The van der Waals surface area contributed by atoms with Crippen molar-refractivity contribution in [2.24, 2.45) is 5.92 Å². The zero-order valence-electron chi connectivity index (χ0n) is 12.4. The molecule has 0 fully saturated rings. The van der Waals surface area contributed by atoms with Gasteiger partial charge in [-0.15, -0.1) is 0 Å². The number of amides is 1. The molecule has 1 aromatic carbocycles. The highest BCUT2D eigenvalue weighted by molar-refractivity contribution is 5.94. The SMILES string of the molecule is CC(C)CNC(CC(=O)Nc1ccc([N+](=O)[O-])cc1)C(=O)O. The molecule has 3 N–H and O–H groups in total. The van der Waals surface area contributed by atoms with Gasteiger partial charge in [0.2, 0.25) is 5.91 Å². The molecule has 0 saturated heterocycles. The van der Waals surface area contributed by atoms with E-state index in [-0.39, 0.29) is 18.0 Å². The topological polar surface area (TPSA) is 122 Å². The first-order valence-electron chi connectivity index (χ1n) is 6.80. The van der Waals surface area contributed by atoms with E-state index < -0.39 is 22.8 Å². The third kappa shape index (κ3) is 5.88. The molecule has 0 bridgehead atoms. The highest BCUT2D eigenvalue weighted by atomic mass is 16.6. The van der Waals surface area contributed by atoms with E-state index in [2.05, 4.69) is 10.6 Å². The van der Waals surface area contributed by atoms with Crippen LogP contribution in [0.4, 0.5) is 11.4 Å². The Labute approximate surface area is 127 Å². The van der Waals surface area contributed by atoms with E-state index in [4.69, 9.17) is 5.11 Å². The molecule has 1 atom stereocenters. The summed E-state index contributed by atoms with van der Waals surface area (Å²) >= 11 is 0. The van der Waals surface area contributed by atoms with Gasteiger partial charge >= 0.3 is 5.97 Å². The molecular formula is C14H19N3O5. The van der Waals surface area contributed by atoms with Crippen LogP contribution in [0.25, 0.3) is 0 Å². The summed E-state index contributed by atoms with van der Waals surface area (Å²) in [6.45, 7) is 4.35. The number of non-ortho nitro benzene ring substituents is 1. The Bertz CT molecular complexity index is 542. The van der Waals surface area contributed by atoms with Gasteiger partial charge in [0.25, 0.3) is 5.69 Å². The van der Waals surface area contributed by atoms with E-state index in [0.29, 0.717) is 12.2 Å². The van der Waals surface area contributed by atoms with Crippen LogP contribution in [-0.2, 0) is 9.59 Å². The minimum atomic E-state index is -1.10. The quantitative estimate of drug-likeness (QED) is 0.495. The van der Waals surface area contributed by atoms with Crippen molar-refractivity contribution in [3.8, 4) is 0 Å². The van der Waals surface area contributed by atoms with Crippen LogP contribution >= 0.6 is 0 Å². The van der Waals surface area contributed by atoms with Crippen molar-refractivity contribution in [2.75, 3.05) is 11.9 Å². The lowest BCUT2D eigenvalue weighted by Crippen LogP contribution is -2.41. The highest BCUT2D eigenvalue weighted by Crippen LogP contribution is 2.15. The number of nitro benzene ring substituents is 1. The number of anilines is 1. The standard InChI is InChI=1S/C14H19N3O5/c1-9(2)8-15-12(14(19)20)7-13(18)16-10-3-5-11(6-4-10)17(21)22/h3-6,9,12,15H,7-8H2,1-2H3,(H,16,18)(H,19,20). The molecule has 0 radical (unpaired) electrons. The number of carboxylic acid groups (broad SMARTS) is 1. The lowest BCUT2D eigenvalue weighted by molar-refractivity contribution is -0.384. The van der Waals surface area contributed by atoms with Gasteiger partial charge in [-0.25, -0.2) is 0 Å². The van der Waals surface area contributed by atoms with E-state index in [0.717, 1.165) is 0 Å². The molecule has 0 aromatic heterocycles. The number of nitrogens with zero attached hydrogens (tertiary/aromatic N) is 1. The Morgan fingerprint density at radius 3 is 2.32 bits per heavy atom. The van der Waals surface area contributed by atoms with Crippen LogP contribution in [0.1, 0.15) is 20.3 Å². The lowest BCUT2D eigenvalue weighted by Gasteiger charge is -2.15. The largest absolute Gasteiger partial charge is 0.480 e. The van der Waals surface area contributed by atoms with Crippen LogP contribution in [0.3, 0.4) is 0 Å². The predicted molar refractivity (Wildman–Crippen MR) is 80.6 cm³/mol. The minimum absolute atomic E-state index is 0.0833. The highest BCUT2D eigenvalue weighted by Gasteiger charge is 2.21. The fraction of sp³-hybridized carbons (Fsp3) is 0.429. The summed E-state index contributed by atoms with van der Waals surface area (Å²) in [5, 5.41) is 24.9. The van der Waals surface area contributed by atoms with E-state index in [1.165, 1.54) is 24.3 Å². The van der Waals surface area contributed by atoms with E-state index >= 15 is 0 Å². The summed E-state index contributed by atoms with van der Waals surface area (Å²) in [6, 6.07) is 4.35. The van der Waals surface area contributed by atoms with Crippen molar-refractivity contribution in [1.29, 1.82) is 0 Å². The first-order valence-corrected chi connectivity index (χ1v) is 6.80. The van der Waals surface area contributed by atoms with E-state index in [1.54, 1.807) is 0 Å². The number of carboxylic acids is 1. The maximum Gasteiger partial charge on any atom is 0.321 e. The van der Waals surface area contributed by atoms with Gasteiger partial charge in [0.1, 0.15) is 6.04 Å². The lowest BCUT2D eigenvalue weighted by atomic mass is 10.1. The van der Waals surface area contributed by atoms with Gasteiger partial charge in [-0.3, -0.25) is 19.7 Å². The molecule has 0 saturated carbocycles. The molecule has 1 amide bonds. The molecule has 8 heteroatoms. The van der Waals surface area contributed by atoms with Crippen molar-refractivity contribution >= 4 is 23.3 Å². The number of hydrogen-bond donors (Lipinski definition) is 3. The third-order valence-corrected chi connectivity index (χ3v) is 2.82. The van der Waals surface area contributed by atoms with Crippen LogP contribution in [0.2, 0.25) is 0 Å². The van der Waals surface area contributed by atoms with Crippen LogP contribution in [0.15, 0.2) is 24.3 Å². The molecule has 0 aliphatic rings. The molecule has 1 unspecified atom stereocenters. The van der Waals surface area contributed by atoms with Gasteiger partial charge < -0.3 is 15.7 Å². The minimum Gasteiger partial charge on any atom is -0.480 e. The van der Waals surface area contributed by atoms with Crippen molar-refractivity contribution in [2.45, 2.75) is 26.3 Å². The number of hydrogen-bond acceptors (Lipinski definition) is 5. The van der Waals surface area contributed by atoms with E-state index in [1.807, 2.05) is 13.8 Å². The molecule has 1 rings (SSSR count). The van der Waals surface area contributed by atoms with Crippen LogP contribution in [-0.4, -0.2) is 34.5 Å². The van der Waals surface area contributed by atoms with Gasteiger partial charge in [0.15, 0.2) is 0 Å². The van der Waals surface area contributed by atoms with Crippen molar-refractivity contribution in [3.05, 3.63) is 34.4 Å². The normalized spacial score (nSPS) is 12.0. The predicted octanol–water partition coefficient (Wildman–Crippen LogP) is 1.62. The second-order valence-corrected chi connectivity index (χ2v) is 5.25. The summed E-state index contributed by atoms with van der Waals surface area (Å²) < 4.78 is 0. The number of nitro groups is 1. The Kier molecular flexibility index (Phi) is 6.46. The van der Waals surface area contributed by atoms with Gasteiger partial charge in [0, 0.05) is 17.8 Å². The number of carbonyl (C=O) groups excluding carboxylic acids is 1. The summed E-state index contributed by atoms with van der Waals surface area (Å²) in [6.07, 6.45) is -0.223. The molecule has 22 heavy (non-hydrogen) atoms. The maximum atomic E-state index is 11.8. The third-order valence-electron chi connectivity index (χ3n) is 2.82. The maximum absolute atomic E-state index is 11.8. The average molecular weight is 309 g/mol. The molecule has 0 aliphatic carbocycles. The molecule has 0 heterocycles. The Hall–Kier alpha value is -2.48. The molecule has 120 valence electrons.